The monoisotopic (exact) mass is 307 g/mol. The minimum Gasteiger partial charge on any atom is -0.403 e. The van der Waals surface area contributed by atoms with E-state index in [1.54, 1.807) is 6.20 Å². The summed E-state index contributed by atoms with van der Waals surface area (Å²) in [7, 11) is 0. The third kappa shape index (κ3) is 2.38. The molecule has 0 spiro atoms. The number of aryl methyl sites for hydroxylation is 1. The maximum Gasteiger partial charge on any atom is 0.347 e. The molecule has 0 saturated carbocycles. The summed E-state index contributed by atoms with van der Waals surface area (Å²) in [6.07, 6.45) is 4.08. The van der Waals surface area contributed by atoms with Crippen LogP contribution in [-0.4, -0.2) is 23.1 Å². The Hall–Kier alpha value is -2.69. The summed E-state index contributed by atoms with van der Waals surface area (Å²) in [4.78, 5) is 23.7. The van der Waals surface area contributed by atoms with E-state index in [4.69, 9.17) is 4.42 Å². The number of fused-ring (bicyclic) bond motifs is 1. The molecule has 0 radical (unpaired) electrons. The van der Waals surface area contributed by atoms with Crippen molar-refractivity contribution < 1.29 is 4.42 Å². The lowest BCUT2D eigenvalue weighted by atomic mass is 10.1. The number of nitrogens with zero attached hydrogens (tertiary/aromatic N) is 3. The quantitative estimate of drug-likeness (QED) is 0.728. The molecule has 4 rings (SSSR count). The van der Waals surface area contributed by atoms with Gasteiger partial charge in [-0.1, -0.05) is 12.1 Å². The maximum absolute atomic E-state index is 12.4. The minimum absolute atomic E-state index is 0.336. The molecule has 23 heavy (non-hydrogen) atoms. The second-order valence-electron chi connectivity index (χ2n) is 5.84. The third-order valence-corrected chi connectivity index (χ3v) is 4.29. The van der Waals surface area contributed by atoms with Gasteiger partial charge in [-0.15, -0.1) is 0 Å². The summed E-state index contributed by atoms with van der Waals surface area (Å²) in [5.41, 5.74) is 1.96. The van der Waals surface area contributed by atoms with Gasteiger partial charge in [-0.25, -0.2) is 14.8 Å². The van der Waals surface area contributed by atoms with Crippen molar-refractivity contribution in [1.82, 2.24) is 9.97 Å². The highest BCUT2D eigenvalue weighted by molar-refractivity contribution is 5.82. The molecule has 3 aromatic rings. The predicted octanol–water partition coefficient (Wildman–Crippen LogP) is 3.16. The fourth-order valence-electron chi connectivity index (χ4n) is 3.14. The Morgan fingerprint density at radius 3 is 2.78 bits per heavy atom. The van der Waals surface area contributed by atoms with Gasteiger partial charge < -0.3 is 9.32 Å². The fourth-order valence-corrected chi connectivity index (χ4v) is 3.14. The molecule has 1 aromatic carbocycles. The zero-order chi connectivity index (χ0) is 15.8. The molecule has 2 aromatic heterocycles. The molecule has 1 fully saturated rings. The average molecular weight is 307 g/mol. The number of pyridine rings is 1. The van der Waals surface area contributed by atoms with Crippen molar-refractivity contribution in [1.29, 1.82) is 0 Å². The Bertz CT molecular complexity index is 927. The van der Waals surface area contributed by atoms with Crippen LogP contribution in [0.1, 0.15) is 18.4 Å². The summed E-state index contributed by atoms with van der Waals surface area (Å²) in [6, 6.07) is 9.39. The van der Waals surface area contributed by atoms with E-state index in [0.29, 0.717) is 16.8 Å². The molecule has 1 saturated heterocycles. The van der Waals surface area contributed by atoms with Crippen LogP contribution >= 0.6 is 0 Å². The van der Waals surface area contributed by atoms with Gasteiger partial charge in [0.15, 0.2) is 0 Å². The molecule has 1 aliphatic heterocycles. The van der Waals surface area contributed by atoms with Gasteiger partial charge in [0, 0.05) is 19.3 Å². The highest BCUT2D eigenvalue weighted by atomic mass is 16.4. The van der Waals surface area contributed by atoms with E-state index < -0.39 is 0 Å². The molecule has 0 unspecified atom stereocenters. The van der Waals surface area contributed by atoms with Crippen molar-refractivity contribution in [2.75, 3.05) is 18.0 Å². The normalized spacial score (nSPS) is 14.6. The van der Waals surface area contributed by atoms with Crippen molar-refractivity contribution in [3.05, 3.63) is 52.5 Å². The maximum atomic E-state index is 12.4. The molecule has 0 atom stereocenters. The molecule has 0 aliphatic carbocycles. The largest absolute Gasteiger partial charge is 0.403 e. The second-order valence-corrected chi connectivity index (χ2v) is 5.84. The van der Waals surface area contributed by atoms with Crippen molar-refractivity contribution >= 4 is 16.7 Å². The van der Waals surface area contributed by atoms with Crippen LogP contribution in [0.2, 0.25) is 0 Å². The molecule has 0 amide bonds. The van der Waals surface area contributed by atoms with Crippen LogP contribution in [0.3, 0.4) is 0 Å². The van der Waals surface area contributed by atoms with E-state index >= 15 is 0 Å². The third-order valence-electron chi connectivity index (χ3n) is 4.29. The minimum atomic E-state index is -0.348. The number of rotatable bonds is 2. The van der Waals surface area contributed by atoms with Gasteiger partial charge in [0.1, 0.15) is 5.82 Å². The first-order valence-electron chi connectivity index (χ1n) is 7.85. The first-order valence-corrected chi connectivity index (χ1v) is 7.85. The summed E-state index contributed by atoms with van der Waals surface area (Å²) < 4.78 is 5.52. The van der Waals surface area contributed by atoms with Gasteiger partial charge >= 0.3 is 5.63 Å². The van der Waals surface area contributed by atoms with Crippen LogP contribution in [0, 0.1) is 6.92 Å². The first-order chi connectivity index (χ1) is 11.2. The van der Waals surface area contributed by atoms with Crippen molar-refractivity contribution in [3.63, 3.8) is 0 Å². The highest BCUT2D eigenvalue weighted by Crippen LogP contribution is 2.30. The second kappa shape index (κ2) is 5.50. The van der Waals surface area contributed by atoms with Crippen LogP contribution in [0.5, 0.6) is 0 Å². The average Bonchev–Trinajstić information content (AvgIpc) is 3.09. The standard InChI is InChI=1S/C18H17N3O2/c1-12-6-4-8-14-15(12)18(22)23-17(20-14)13-7-5-9-19-16(13)21-10-2-3-11-21/h4-9H,2-3,10-11H2,1H3. The van der Waals surface area contributed by atoms with E-state index in [1.165, 1.54) is 0 Å². The molecule has 0 N–H and O–H groups in total. The molecular weight excluding hydrogens is 290 g/mol. The van der Waals surface area contributed by atoms with E-state index in [0.717, 1.165) is 42.9 Å². The van der Waals surface area contributed by atoms with Crippen LogP contribution in [0.15, 0.2) is 45.7 Å². The van der Waals surface area contributed by atoms with Crippen molar-refractivity contribution in [3.8, 4) is 11.5 Å². The Morgan fingerprint density at radius 1 is 1.13 bits per heavy atom. The van der Waals surface area contributed by atoms with E-state index in [9.17, 15) is 4.79 Å². The first kappa shape index (κ1) is 13.9. The summed E-state index contributed by atoms with van der Waals surface area (Å²) >= 11 is 0. The van der Waals surface area contributed by atoms with Crippen LogP contribution in [-0.2, 0) is 0 Å². The van der Waals surface area contributed by atoms with Gasteiger partial charge in [0.25, 0.3) is 0 Å². The topological polar surface area (TPSA) is 59.2 Å². The SMILES string of the molecule is Cc1cccc2nc(-c3cccnc3N3CCCC3)oc(=O)c12. The van der Waals surface area contributed by atoms with E-state index in [2.05, 4.69) is 14.9 Å². The smallest absolute Gasteiger partial charge is 0.347 e. The van der Waals surface area contributed by atoms with Crippen LogP contribution in [0.25, 0.3) is 22.4 Å². The number of hydrogen-bond donors (Lipinski definition) is 0. The van der Waals surface area contributed by atoms with Gasteiger partial charge in [0.2, 0.25) is 5.89 Å². The summed E-state index contributed by atoms with van der Waals surface area (Å²) in [6.45, 7) is 3.84. The zero-order valence-corrected chi connectivity index (χ0v) is 13.0. The summed E-state index contributed by atoms with van der Waals surface area (Å²) in [5, 5.41) is 0.544. The van der Waals surface area contributed by atoms with Crippen molar-refractivity contribution in [2.45, 2.75) is 19.8 Å². The number of hydrogen-bond acceptors (Lipinski definition) is 5. The molecule has 0 bridgehead atoms. The van der Waals surface area contributed by atoms with Crippen molar-refractivity contribution in [2.24, 2.45) is 0 Å². The molecule has 5 nitrogen and oxygen atoms in total. The molecule has 5 heteroatoms. The molecular formula is C18H17N3O2. The van der Waals surface area contributed by atoms with Crippen LogP contribution in [0.4, 0.5) is 5.82 Å². The Morgan fingerprint density at radius 2 is 1.96 bits per heavy atom. The van der Waals surface area contributed by atoms with Crippen LogP contribution < -0.4 is 10.5 Å². The van der Waals surface area contributed by atoms with Gasteiger partial charge in [-0.05, 0) is 43.5 Å². The molecule has 116 valence electrons. The lowest BCUT2D eigenvalue weighted by molar-refractivity contribution is 0.517. The predicted molar refractivity (Wildman–Crippen MR) is 89.7 cm³/mol. The Kier molecular flexibility index (Phi) is 3.33. The van der Waals surface area contributed by atoms with Gasteiger partial charge in [-0.3, -0.25) is 0 Å². The fraction of sp³-hybridized carbons (Fsp3) is 0.278. The highest BCUT2D eigenvalue weighted by Gasteiger charge is 2.20. The number of anilines is 1. The number of benzene rings is 1. The molecule has 1 aliphatic rings. The molecule has 3 heterocycles. The van der Waals surface area contributed by atoms with E-state index in [-0.39, 0.29) is 5.63 Å². The lowest BCUT2D eigenvalue weighted by Gasteiger charge is -2.18. The Labute approximate surface area is 133 Å². The van der Waals surface area contributed by atoms with Gasteiger partial charge in [-0.2, -0.15) is 0 Å². The Balaban J connectivity index is 1.92. The summed E-state index contributed by atoms with van der Waals surface area (Å²) in [5.74, 6) is 1.18. The van der Waals surface area contributed by atoms with E-state index in [1.807, 2.05) is 37.3 Å². The lowest BCUT2D eigenvalue weighted by Crippen LogP contribution is -2.20. The number of aromatic nitrogens is 2. The zero-order valence-electron chi connectivity index (χ0n) is 13.0. The van der Waals surface area contributed by atoms with Gasteiger partial charge in [0.05, 0.1) is 16.5 Å².